The molecule has 2 rings (SSSR count). The van der Waals surface area contributed by atoms with Gasteiger partial charge >= 0.3 is 5.97 Å². The van der Waals surface area contributed by atoms with Gasteiger partial charge in [-0.2, -0.15) is 0 Å². The Labute approximate surface area is 123 Å². The molecule has 1 aromatic carbocycles. The number of ether oxygens (including phenoxy) is 1. The number of esters is 1. The third-order valence-electron chi connectivity index (χ3n) is 3.01. The number of hydrogen-bond acceptors (Lipinski definition) is 3. The normalized spacial score (nSPS) is 10.4. The van der Waals surface area contributed by atoms with E-state index < -0.39 is 0 Å². The number of hydrogen-bond donors (Lipinski definition) is 1. The molecular formula is C15H18N2O2S. The van der Waals surface area contributed by atoms with Crippen LogP contribution in [0.4, 0.5) is 0 Å². The van der Waals surface area contributed by atoms with E-state index in [1.807, 2.05) is 48.0 Å². The Kier molecular flexibility index (Phi) is 5.12. The van der Waals surface area contributed by atoms with Gasteiger partial charge in [0.05, 0.1) is 12.3 Å². The largest absolute Gasteiger partial charge is 0.466 e. The average molecular weight is 290 g/mol. The monoisotopic (exact) mass is 290 g/mol. The standard InChI is InChI=1S/C15H18N2O2S/c1-2-19-14(18)9-6-10-17-13(11-16-15(17)20)12-7-4-3-5-8-12/h3-5,7-8,11H,2,6,9-10H2,1H3,(H,16,20). The second-order valence-corrected chi connectivity index (χ2v) is 4.79. The summed E-state index contributed by atoms with van der Waals surface area (Å²) in [5.74, 6) is -0.157. The Morgan fingerprint density at radius 3 is 2.80 bits per heavy atom. The molecule has 0 fully saturated rings. The molecule has 0 aliphatic heterocycles. The number of aromatic amines is 1. The maximum Gasteiger partial charge on any atom is 0.305 e. The zero-order chi connectivity index (χ0) is 14.4. The van der Waals surface area contributed by atoms with Crippen molar-refractivity contribution in [3.63, 3.8) is 0 Å². The van der Waals surface area contributed by atoms with Crippen molar-refractivity contribution in [2.75, 3.05) is 6.61 Å². The van der Waals surface area contributed by atoms with Crippen molar-refractivity contribution in [3.8, 4) is 11.3 Å². The van der Waals surface area contributed by atoms with Crippen LogP contribution in [0.3, 0.4) is 0 Å². The van der Waals surface area contributed by atoms with Crippen molar-refractivity contribution in [1.29, 1.82) is 0 Å². The molecule has 1 aromatic heterocycles. The summed E-state index contributed by atoms with van der Waals surface area (Å²) in [6, 6.07) is 10.1. The zero-order valence-electron chi connectivity index (χ0n) is 11.5. The summed E-state index contributed by atoms with van der Waals surface area (Å²) >= 11 is 5.29. The third-order valence-corrected chi connectivity index (χ3v) is 3.34. The highest BCUT2D eigenvalue weighted by atomic mass is 32.1. The lowest BCUT2D eigenvalue weighted by Gasteiger charge is -2.08. The van der Waals surface area contributed by atoms with Gasteiger partial charge in [0.1, 0.15) is 0 Å². The van der Waals surface area contributed by atoms with Crippen LogP contribution >= 0.6 is 12.2 Å². The van der Waals surface area contributed by atoms with Gasteiger partial charge in [-0.1, -0.05) is 30.3 Å². The van der Waals surface area contributed by atoms with E-state index in [4.69, 9.17) is 17.0 Å². The predicted octanol–water partition coefficient (Wildman–Crippen LogP) is 3.56. The second-order valence-electron chi connectivity index (χ2n) is 4.41. The summed E-state index contributed by atoms with van der Waals surface area (Å²) in [6.07, 6.45) is 3.03. The number of imidazole rings is 1. The Hall–Kier alpha value is -1.88. The molecule has 2 aromatic rings. The van der Waals surface area contributed by atoms with E-state index in [-0.39, 0.29) is 5.97 Å². The second kappa shape index (κ2) is 7.05. The first kappa shape index (κ1) is 14.5. The minimum atomic E-state index is -0.157. The summed E-state index contributed by atoms with van der Waals surface area (Å²) in [6.45, 7) is 2.94. The summed E-state index contributed by atoms with van der Waals surface area (Å²) in [7, 11) is 0. The lowest BCUT2D eigenvalue weighted by atomic mass is 10.1. The molecule has 1 N–H and O–H groups in total. The molecule has 0 spiro atoms. The van der Waals surface area contributed by atoms with Crippen LogP contribution in [0.15, 0.2) is 36.5 Å². The van der Waals surface area contributed by atoms with Crippen LogP contribution in [0.25, 0.3) is 11.3 Å². The van der Waals surface area contributed by atoms with E-state index in [0.717, 1.165) is 11.3 Å². The lowest BCUT2D eigenvalue weighted by Crippen LogP contribution is -2.07. The van der Waals surface area contributed by atoms with E-state index >= 15 is 0 Å². The Bertz CT molecular complexity index is 616. The number of H-pyrrole nitrogens is 1. The van der Waals surface area contributed by atoms with Gasteiger partial charge in [-0.25, -0.2) is 0 Å². The number of nitrogens with zero attached hydrogens (tertiary/aromatic N) is 1. The first-order chi connectivity index (χ1) is 9.72. The van der Waals surface area contributed by atoms with Crippen molar-refractivity contribution >= 4 is 18.2 Å². The fourth-order valence-corrected chi connectivity index (χ4v) is 2.33. The van der Waals surface area contributed by atoms with Crippen LogP contribution in [0, 0.1) is 4.77 Å². The predicted molar refractivity (Wildman–Crippen MR) is 80.9 cm³/mol. The first-order valence-corrected chi connectivity index (χ1v) is 7.12. The van der Waals surface area contributed by atoms with Crippen molar-refractivity contribution in [2.45, 2.75) is 26.3 Å². The molecule has 20 heavy (non-hydrogen) atoms. The molecule has 0 aliphatic rings. The fourth-order valence-electron chi connectivity index (χ4n) is 2.08. The molecule has 1 heterocycles. The number of rotatable bonds is 6. The maximum absolute atomic E-state index is 11.3. The maximum atomic E-state index is 11.3. The van der Waals surface area contributed by atoms with Gasteiger partial charge in [-0.15, -0.1) is 0 Å². The SMILES string of the molecule is CCOC(=O)CCCn1c(-c2ccccc2)c[nH]c1=S. The van der Waals surface area contributed by atoms with Crippen molar-refractivity contribution < 1.29 is 9.53 Å². The quantitative estimate of drug-likeness (QED) is 0.653. The number of nitrogens with one attached hydrogen (secondary N) is 1. The van der Waals surface area contributed by atoms with Gasteiger partial charge in [-0.3, -0.25) is 4.79 Å². The van der Waals surface area contributed by atoms with Crippen LogP contribution in [-0.4, -0.2) is 22.1 Å². The minimum Gasteiger partial charge on any atom is -0.466 e. The Morgan fingerprint density at radius 2 is 2.10 bits per heavy atom. The third kappa shape index (κ3) is 3.57. The number of carbonyl (C=O) groups is 1. The summed E-state index contributed by atoms with van der Waals surface area (Å²) < 4.78 is 7.62. The molecule has 5 heteroatoms. The van der Waals surface area contributed by atoms with Crippen LogP contribution in [0.1, 0.15) is 19.8 Å². The first-order valence-electron chi connectivity index (χ1n) is 6.71. The number of benzene rings is 1. The highest BCUT2D eigenvalue weighted by Gasteiger charge is 2.07. The molecule has 0 saturated heterocycles. The molecule has 0 radical (unpaired) electrons. The fraction of sp³-hybridized carbons (Fsp3) is 0.333. The molecule has 4 nitrogen and oxygen atoms in total. The molecule has 106 valence electrons. The van der Waals surface area contributed by atoms with Crippen LogP contribution in [0.2, 0.25) is 0 Å². The summed E-state index contributed by atoms with van der Waals surface area (Å²) in [5.41, 5.74) is 2.15. The Morgan fingerprint density at radius 1 is 1.35 bits per heavy atom. The van der Waals surface area contributed by atoms with Crippen molar-refractivity contribution in [3.05, 3.63) is 41.3 Å². The number of aromatic nitrogens is 2. The zero-order valence-corrected chi connectivity index (χ0v) is 12.3. The van der Waals surface area contributed by atoms with Crippen molar-refractivity contribution in [2.24, 2.45) is 0 Å². The van der Waals surface area contributed by atoms with E-state index in [1.54, 1.807) is 0 Å². The molecule has 0 amide bonds. The van der Waals surface area contributed by atoms with Crippen LogP contribution in [0.5, 0.6) is 0 Å². The lowest BCUT2D eigenvalue weighted by molar-refractivity contribution is -0.143. The minimum absolute atomic E-state index is 0.157. The highest BCUT2D eigenvalue weighted by molar-refractivity contribution is 7.71. The van der Waals surface area contributed by atoms with Gasteiger partial charge in [0.2, 0.25) is 0 Å². The van der Waals surface area contributed by atoms with Crippen molar-refractivity contribution in [1.82, 2.24) is 9.55 Å². The van der Waals surface area contributed by atoms with Gasteiger partial charge < -0.3 is 14.3 Å². The van der Waals surface area contributed by atoms with Crippen LogP contribution in [-0.2, 0) is 16.1 Å². The van der Waals surface area contributed by atoms with Gasteiger partial charge in [-0.05, 0) is 31.1 Å². The van der Waals surface area contributed by atoms with E-state index in [0.29, 0.717) is 30.8 Å². The highest BCUT2D eigenvalue weighted by Crippen LogP contribution is 2.19. The van der Waals surface area contributed by atoms with Gasteiger partial charge in [0.25, 0.3) is 0 Å². The van der Waals surface area contributed by atoms with Gasteiger partial charge in [0, 0.05) is 19.2 Å². The Balaban J connectivity index is 2.07. The van der Waals surface area contributed by atoms with E-state index in [2.05, 4.69) is 4.98 Å². The molecular weight excluding hydrogens is 272 g/mol. The number of carbonyl (C=O) groups excluding carboxylic acids is 1. The topological polar surface area (TPSA) is 47.0 Å². The molecule has 0 aliphatic carbocycles. The summed E-state index contributed by atoms with van der Waals surface area (Å²) in [5, 5.41) is 0. The van der Waals surface area contributed by atoms with E-state index in [1.165, 1.54) is 0 Å². The molecule has 0 atom stereocenters. The van der Waals surface area contributed by atoms with Crippen LogP contribution < -0.4 is 0 Å². The molecule has 0 unspecified atom stereocenters. The smallest absolute Gasteiger partial charge is 0.305 e. The average Bonchev–Trinajstić information content (AvgIpc) is 2.82. The molecule has 0 bridgehead atoms. The summed E-state index contributed by atoms with van der Waals surface area (Å²) in [4.78, 5) is 14.4. The van der Waals surface area contributed by atoms with Gasteiger partial charge in [0.15, 0.2) is 4.77 Å². The van der Waals surface area contributed by atoms with E-state index in [9.17, 15) is 4.79 Å². The molecule has 0 saturated carbocycles.